The van der Waals surface area contributed by atoms with Crippen LogP contribution in [0.15, 0.2) is 30.7 Å². The third-order valence-electron chi connectivity index (χ3n) is 1.49. The van der Waals surface area contributed by atoms with Crippen molar-refractivity contribution >= 4 is 10.9 Å². The first-order valence-corrected chi connectivity index (χ1v) is 3.25. The lowest BCUT2D eigenvalue weighted by molar-refractivity contribution is 0.476. The number of hydrogen-bond donors (Lipinski definition) is 1. The minimum Gasteiger partial charge on any atom is -0.508 e. The van der Waals surface area contributed by atoms with Gasteiger partial charge in [0.15, 0.2) is 0 Å². The Hall–Kier alpha value is -1.64. The molecule has 0 unspecified atom stereocenters. The first kappa shape index (κ1) is 6.09. The molecule has 2 aromatic rings. The van der Waals surface area contributed by atoms with Gasteiger partial charge in [-0.2, -0.15) is 0 Å². The Labute approximate surface area is 63.3 Å². The second-order valence-corrected chi connectivity index (χ2v) is 2.27. The number of phenols is 1. The number of nitrogens with zero attached hydrogens (tertiary/aromatic N) is 2. The SMILES string of the molecule is Oc1ccc2cncnc2c1. The molecule has 1 aromatic heterocycles. The highest BCUT2D eigenvalue weighted by molar-refractivity contribution is 5.78. The van der Waals surface area contributed by atoms with E-state index in [1.807, 2.05) is 0 Å². The van der Waals surface area contributed by atoms with Gasteiger partial charge in [0, 0.05) is 17.6 Å². The number of hydrogen-bond acceptors (Lipinski definition) is 3. The summed E-state index contributed by atoms with van der Waals surface area (Å²) in [7, 11) is 0. The zero-order valence-electron chi connectivity index (χ0n) is 5.73. The Morgan fingerprint density at radius 3 is 3.09 bits per heavy atom. The van der Waals surface area contributed by atoms with E-state index in [9.17, 15) is 0 Å². The molecule has 1 N–H and O–H groups in total. The molecule has 0 spiro atoms. The predicted molar refractivity (Wildman–Crippen MR) is 41.2 cm³/mol. The molecule has 1 aromatic carbocycles. The zero-order valence-corrected chi connectivity index (χ0v) is 5.73. The maximum absolute atomic E-state index is 9.07. The fourth-order valence-electron chi connectivity index (χ4n) is 0.962. The molecule has 0 aliphatic heterocycles. The average Bonchev–Trinajstić information content (AvgIpc) is 2.04. The van der Waals surface area contributed by atoms with Crippen LogP contribution in [0, 0.1) is 0 Å². The third-order valence-corrected chi connectivity index (χ3v) is 1.49. The second kappa shape index (κ2) is 2.20. The van der Waals surface area contributed by atoms with Crippen molar-refractivity contribution in [3.8, 4) is 5.75 Å². The molecule has 0 aliphatic carbocycles. The van der Waals surface area contributed by atoms with Crippen molar-refractivity contribution in [1.29, 1.82) is 0 Å². The van der Waals surface area contributed by atoms with Crippen molar-refractivity contribution in [2.75, 3.05) is 0 Å². The molecule has 1 heterocycles. The van der Waals surface area contributed by atoms with Gasteiger partial charge in [-0.1, -0.05) is 0 Å². The smallest absolute Gasteiger partial charge is 0.117 e. The Morgan fingerprint density at radius 1 is 1.27 bits per heavy atom. The van der Waals surface area contributed by atoms with Crippen LogP contribution < -0.4 is 0 Å². The van der Waals surface area contributed by atoms with E-state index in [-0.39, 0.29) is 5.75 Å². The minimum atomic E-state index is 0.233. The average molecular weight is 146 g/mol. The van der Waals surface area contributed by atoms with Crippen molar-refractivity contribution in [1.82, 2.24) is 9.97 Å². The van der Waals surface area contributed by atoms with Crippen LogP contribution in [0.3, 0.4) is 0 Å². The van der Waals surface area contributed by atoms with Crippen LogP contribution in [0.2, 0.25) is 0 Å². The Kier molecular flexibility index (Phi) is 1.22. The molecule has 0 amide bonds. The Morgan fingerprint density at radius 2 is 2.18 bits per heavy atom. The molecule has 2 rings (SSSR count). The molecule has 0 fully saturated rings. The van der Waals surface area contributed by atoms with E-state index in [4.69, 9.17) is 5.11 Å². The van der Waals surface area contributed by atoms with Crippen molar-refractivity contribution in [3.63, 3.8) is 0 Å². The summed E-state index contributed by atoms with van der Waals surface area (Å²) < 4.78 is 0. The maximum atomic E-state index is 9.07. The Bertz CT molecular complexity index is 387. The molecule has 3 heteroatoms. The molecule has 0 saturated carbocycles. The van der Waals surface area contributed by atoms with Gasteiger partial charge >= 0.3 is 0 Å². The van der Waals surface area contributed by atoms with Gasteiger partial charge in [0.2, 0.25) is 0 Å². The number of benzene rings is 1. The largest absolute Gasteiger partial charge is 0.508 e. The number of aromatic nitrogens is 2. The van der Waals surface area contributed by atoms with E-state index in [0.29, 0.717) is 0 Å². The van der Waals surface area contributed by atoms with Gasteiger partial charge in [-0.05, 0) is 12.1 Å². The summed E-state index contributed by atoms with van der Waals surface area (Å²) in [5.41, 5.74) is 0.764. The van der Waals surface area contributed by atoms with E-state index in [2.05, 4.69) is 9.97 Å². The van der Waals surface area contributed by atoms with Crippen molar-refractivity contribution < 1.29 is 5.11 Å². The topological polar surface area (TPSA) is 46.0 Å². The highest BCUT2D eigenvalue weighted by Gasteiger charge is 1.93. The van der Waals surface area contributed by atoms with Crippen LogP contribution in [0.4, 0.5) is 0 Å². The minimum absolute atomic E-state index is 0.233. The Balaban J connectivity index is 2.83. The second-order valence-electron chi connectivity index (χ2n) is 2.27. The normalized spacial score (nSPS) is 10.2. The lowest BCUT2D eigenvalue weighted by Gasteiger charge is -1.94. The standard InChI is InChI=1S/C8H6N2O/c11-7-2-1-6-4-9-5-10-8(6)3-7/h1-5,11H. The summed E-state index contributed by atoms with van der Waals surface area (Å²) in [4.78, 5) is 7.82. The zero-order chi connectivity index (χ0) is 7.68. The number of fused-ring (bicyclic) bond motifs is 1. The molecule has 0 atom stereocenters. The van der Waals surface area contributed by atoms with Gasteiger partial charge in [-0.15, -0.1) is 0 Å². The highest BCUT2D eigenvalue weighted by atomic mass is 16.3. The molecule has 0 bridgehead atoms. The molecular formula is C8H6N2O. The number of rotatable bonds is 0. The predicted octanol–water partition coefficient (Wildman–Crippen LogP) is 1.34. The van der Waals surface area contributed by atoms with Crippen molar-refractivity contribution in [2.24, 2.45) is 0 Å². The van der Waals surface area contributed by atoms with Crippen molar-refractivity contribution in [3.05, 3.63) is 30.7 Å². The van der Waals surface area contributed by atoms with Crippen molar-refractivity contribution in [2.45, 2.75) is 0 Å². The molecule has 54 valence electrons. The van der Waals surface area contributed by atoms with Gasteiger partial charge < -0.3 is 5.11 Å². The summed E-state index contributed by atoms with van der Waals surface area (Å²) >= 11 is 0. The molecule has 0 saturated heterocycles. The molecule has 11 heavy (non-hydrogen) atoms. The van der Waals surface area contributed by atoms with Crippen LogP contribution >= 0.6 is 0 Å². The van der Waals surface area contributed by atoms with E-state index in [1.165, 1.54) is 6.33 Å². The van der Waals surface area contributed by atoms with Gasteiger partial charge in [0.1, 0.15) is 12.1 Å². The van der Waals surface area contributed by atoms with Crippen LogP contribution in [-0.4, -0.2) is 15.1 Å². The van der Waals surface area contributed by atoms with Gasteiger partial charge in [-0.3, -0.25) is 0 Å². The number of phenolic OH excluding ortho intramolecular Hbond substituents is 1. The fourth-order valence-corrected chi connectivity index (χ4v) is 0.962. The van der Waals surface area contributed by atoms with E-state index in [1.54, 1.807) is 24.4 Å². The summed E-state index contributed by atoms with van der Waals surface area (Å²) in [6.07, 6.45) is 3.17. The van der Waals surface area contributed by atoms with Gasteiger partial charge in [0.25, 0.3) is 0 Å². The van der Waals surface area contributed by atoms with Crippen LogP contribution in [0.25, 0.3) is 10.9 Å². The molecule has 0 radical (unpaired) electrons. The lowest BCUT2D eigenvalue weighted by Crippen LogP contribution is -1.78. The molecular weight excluding hydrogens is 140 g/mol. The summed E-state index contributed by atoms with van der Waals surface area (Å²) in [6.45, 7) is 0. The first-order chi connectivity index (χ1) is 5.36. The summed E-state index contributed by atoms with van der Waals surface area (Å²) in [5, 5.41) is 10.0. The summed E-state index contributed by atoms with van der Waals surface area (Å²) in [5.74, 6) is 0.233. The lowest BCUT2D eigenvalue weighted by atomic mass is 10.2. The highest BCUT2D eigenvalue weighted by Crippen LogP contribution is 2.15. The number of aromatic hydroxyl groups is 1. The fraction of sp³-hybridized carbons (Fsp3) is 0. The summed E-state index contributed by atoms with van der Waals surface area (Å²) in [6, 6.07) is 5.01. The van der Waals surface area contributed by atoms with Crippen LogP contribution in [0.5, 0.6) is 5.75 Å². The van der Waals surface area contributed by atoms with Gasteiger partial charge in [0.05, 0.1) is 5.52 Å². The quantitative estimate of drug-likeness (QED) is 0.610. The first-order valence-electron chi connectivity index (χ1n) is 3.25. The third kappa shape index (κ3) is 1.00. The van der Waals surface area contributed by atoms with Crippen LogP contribution in [0.1, 0.15) is 0 Å². The maximum Gasteiger partial charge on any atom is 0.117 e. The van der Waals surface area contributed by atoms with Gasteiger partial charge in [-0.25, -0.2) is 9.97 Å². The monoisotopic (exact) mass is 146 g/mol. The van der Waals surface area contributed by atoms with E-state index in [0.717, 1.165) is 10.9 Å². The van der Waals surface area contributed by atoms with Crippen LogP contribution in [-0.2, 0) is 0 Å². The molecule has 3 nitrogen and oxygen atoms in total. The molecule has 0 aliphatic rings. The van der Waals surface area contributed by atoms with E-state index < -0.39 is 0 Å². The van der Waals surface area contributed by atoms with E-state index >= 15 is 0 Å².